The van der Waals surface area contributed by atoms with Gasteiger partial charge >= 0.3 is 0 Å². The Morgan fingerprint density at radius 2 is 1.67 bits per heavy atom. The Kier molecular flexibility index (Phi) is 7.14. The number of rotatable bonds is 7. The van der Waals surface area contributed by atoms with Crippen molar-refractivity contribution in [3.63, 3.8) is 0 Å². The third kappa shape index (κ3) is 5.84. The van der Waals surface area contributed by atoms with Crippen molar-refractivity contribution < 1.29 is 18.4 Å². The van der Waals surface area contributed by atoms with E-state index >= 15 is 0 Å². The summed E-state index contributed by atoms with van der Waals surface area (Å²) in [6, 6.07) is 21.1. The highest BCUT2D eigenvalue weighted by Gasteiger charge is 2.39. The number of amides is 2. The molecule has 1 aliphatic rings. The molecule has 4 rings (SSSR count). The number of amidine groups is 1. The Bertz CT molecular complexity index is 1170. The van der Waals surface area contributed by atoms with Crippen LogP contribution in [-0.4, -0.2) is 33.7 Å². The maximum absolute atomic E-state index is 14.2. The molecule has 1 saturated heterocycles. The van der Waals surface area contributed by atoms with E-state index in [-0.39, 0.29) is 36.3 Å². The monoisotopic (exact) mass is 465 g/mol. The Morgan fingerprint density at radius 3 is 2.39 bits per heavy atom. The summed E-state index contributed by atoms with van der Waals surface area (Å²) in [6.45, 7) is 0.279. The molecule has 5 nitrogen and oxygen atoms in total. The van der Waals surface area contributed by atoms with Crippen LogP contribution in [-0.2, 0) is 16.0 Å². The topological polar surface area (TPSA) is 61.8 Å². The summed E-state index contributed by atoms with van der Waals surface area (Å²) in [5, 5.41) is 2.45. The van der Waals surface area contributed by atoms with E-state index in [0.717, 1.165) is 17.3 Å². The van der Waals surface area contributed by atoms with Crippen LogP contribution in [0.15, 0.2) is 83.9 Å². The van der Waals surface area contributed by atoms with E-state index in [1.54, 1.807) is 48.5 Å². The second-order valence-electron chi connectivity index (χ2n) is 7.44. The molecule has 0 aromatic heterocycles. The van der Waals surface area contributed by atoms with Gasteiger partial charge in [-0.25, -0.2) is 13.8 Å². The van der Waals surface area contributed by atoms with Gasteiger partial charge in [-0.1, -0.05) is 54.2 Å². The van der Waals surface area contributed by atoms with Crippen molar-refractivity contribution in [2.24, 2.45) is 4.99 Å². The van der Waals surface area contributed by atoms with Crippen molar-refractivity contribution in [2.75, 3.05) is 11.9 Å². The van der Waals surface area contributed by atoms with Gasteiger partial charge in [-0.05, 0) is 48.4 Å². The fourth-order valence-electron chi connectivity index (χ4n) is 3.37. The lowest BCUT2D eigenvalue weighted by Gasteiger charge is -2.16. The number of nitrogens with one attached hydrogen (secondary N) is 1. The molecule has 168 valence electrons. The second kappa shape index (κ2) is 10.4. The number of anilines is 1. The molecule has 0 spiro atoms. The molecule has 0 unspecified atom stereocenters. The van der Waals surface area contributed by atoms with Crippen LogP contribution in [0.25, 0.3) is 0 Å². The summed E-state index contributed by atoms with van der Waals surface area (Å²) in [5.41, 5.74) is 1.62. The first-order valence-corrected chi connectivity index (χ1v) is 11.3. The van der Waals surface area contributed by atoms with Gasteiger partial charge < -0.3 is 5.32 Å². The van der Waals surface area contributed by atoms with Gasteiger partial charge in [-0.3, -0.25) is 14.5 Å². The van der Waals surface area contributed by atoms with Crippen molar-refractivity contribution in [3.05, 3.63) is 96.1 Å². The van der Waals surface area contributed by atoms with Crippen LogP contribution < -0.4 is 5.32 Å². The van der Waals surface area contributed by atoms with Gasteiger partial charge in [0.1, 0.15) is 22.6 Å². The Balaban J connectivity index is 1.52. The molecule has 1 N–H and O–H groups in total. The molecule has 8 heteroatoms. The molecule has 0 bridgehead atoms. The Hall–Kier alpha value is -3.52. The van der Waals surface area contributed by atoms with E-state index in [2.05, 4.69) is 10.3 Å². The van der Waals surface area contributed by atoms with E-state index < -0.39 is 11.1 Å². The largest absolute Gasteiger partial charge is 0.326 e. The van der Waals surface area contributed by atoms with Crippen LogP contribution in [0.1, 0.15) is 12.0 Å². The summed E-state index contributed by atoms with van der Waals surface area (Å²) >= 11 is 1.15. The maximum Gasteiger partial charge on any atom is 0.242 e. The van der Waals surface area contributed by atoms with Gasteiger partial charge in [-0.2, -0.15) is 0 Å². The molecule has 0 aliphatic carbocycles. The minimum atomic E-state index is -0.674. The SMILES string of the molecule is O=C(C[C@@H]1SC(=Nc2ccccc2F)N(CCc2ccc(F)cc2)C1=O)Nc1ccccc1. The number of carbonyl (C=O) groups is 2. The van der Waals surface area contributed by atoms with Gasteiger partial charge in [0.25, 0.3) is 0 Å². The number of thioether (sulfide) groups is 1. The molecule has 1 atom stereocenters. The zero-order chi connectivity index (χ0) is 23.2. The molecule has 3 aromatic carbocycles. The van der Waals surface area contributed by atoms with Crippen LogP contribution in [0.5, 0.6) is 0 Å². The lowest BCUT2D eigenvalue weighted by Crippen LogP contribution is -2.35. The molecule has 0 radical (unpaired) electrons. The lowest BCUT2D eigenvalue weighted by molar-refractivity contribution is -0.128. The normalized spacial score (nSPS) is 16.9. The van der Waals surface area contributed by atoms with Crippen LogP contribution in [0.4, 0.5) is 20.2 Å². The zero-order valence-electron chi connectivity index (χ0n) is 17.6. The maximum atomic E-state index is 14.2. The first-order chi connectivity index (χ1) is 16.0. The predicted octanol–water partition coefficient (Wildman–Crippen LogP) is 5.17. The molecule has 3 aromatic rings. The molecule has 1 heterocycles. The number of halogens is 2. The van der Waals surface area contributed by atoms with E-state index in [1.165, 1.54) is 29.2 Å². The van der Waals surface area contributed by atoms with Crippen molar-refractivity contribution in [1.29, 1.82) is 0 Å². The number of carbonyl (C=O) groups excluding carboxylic acids is 2. The van der Waals surface area contributed by atoms with E-state index in [1.807, 2.05) is 6.07 Å². The zero-order valence-corrected chi connectivity index (χ0v) is 18.4. The van der Waals surface area contributed by atoms with E-state index in [0.29, 0.717) is 17.3 Å². The standard InChI is InChI=1S/C25H21F2N3O2S/c26-18-12-10-17(11-13-18)14-15-30-24(32)22(16-23(31)28-19-6-2-1-3-7-19)33-25(30)29-21-9-5-4-8-20(21)27/h1-13,22H,14-16H2,(H,28,31)/t22-/m0/s1. The first-order valence-electron chi connectivity index (χ1n) is 10.4. The van der Waals surface area contributed by atoms with Crippen molar-refractivity contribution >= 4 is 40.1 Å². The molecule has 0 saturated carbocycles. The fraction of sp³-hybridized carbons (Fsp3) is 0.160. The number of nitrogens with zero attached hydrogens (tertiary/aromatic N) is 2. The first kappa shape index (κ1) is 22.7. The number of benzene rings is 3. The smallest absolute Gasteiger partial charge is 0.242 e. The molecule has 33 heavy (non-hydrogen) atoms. The summed E-state index contributed by atoms with van der Waals surface area (Å²) in [4.78, 5) is 31.5. The summed E-state index contributed by atoms with van der Waals surface area (Å²) in [6.07, 6.45) is 0.424. The third-order valence-corrected chi connectivity index (χ3v) is 6.23. The van der Waals surface area contributed by atoms with Gasteiger partial charge in [0.05, 0.1) is 0 Å². The highest BCUT2D eigenvalue weighted by atomic mass is 32.2. The van der Waals surface area contributed by atoms with Gasteiger partial charge in [0.15, 0.2) is 5.17 Å². The summed E-state index contributed by atoms with van der Waals surface area (Å²) < 4.78 is 27.4. The fourth-order valence-corrected chi connectivity index (χ4v) is 4.55. The average molecular weight is 466 g/mol. The van der Waals surface area contributed by atoms with Crippen molar-refractivity contribution in [3.8, 4) is 0 Å². The molecular weight excluding hydrogens is 444 g/mol. The molecular formula is C25H21F2N3O2S. The van der Waals surface area contributed by atoms with E-state index in [9.17, 15) is 18.4 Å². The number of hydrogen-bond acceptors (Lipinski definition) is 4. The average Bonchev–Trinajstić information content (AvgIpc) is 3.09. The van der Waals surface area contributed by atoms with Crippen molar-refractivity contribution in [1.82, 2.24) is 4.90 Å². The van der Waals surface area contributed by atoms with Crippen LogP contribution in [0.2, 0.25) is 0 Å². The third-order valence-electron chi connectivity index (χ3n) is 5.05. The Labute approximate surface area is 194 Å². The van der Waals surface area contributed by atoms with Gasteiger partial charge in [0, 0.05) is 18.7 Å². The van der Waals surface area contributed by atoms with Gasteiger partial charge in [-0.15, -0.1) is 0 Å². The minimum Gasteiger partial charge on any atom is -0.326 e. The number of hydrogen-bond donors (Lipinski definition) is 1. The lowest BCUT2D eigenvalue weighted by atomic mass is 10.1. The van der Waals surface area contributed by atoms with Crippen LogP contribution in [0.3, 0.4) is 0 Å². The van der Waals surface area contributed by atoms with E-state index in [4.69, 9.17) is 0 Å². The highest BCUT2D eigenvalue weighted by Crippen LogP contribution is 2.32. The molecule has 1 fully saturated rings. The minimum absolute atomic E-state index is 0.0399. The summed E-state index contributed by atoms with van der Waals surface area (Å²) in [5.74, 6) is -1.39. The number of para-hydroxylation sites is 2. The molecule has 1 aliphatic heterocycles. The molecule has 2 amide bonds. The van der Waals surface area contributed by atoms with Crippen LogP contribution >= 0.6 is 11.8 Å². The predicted molar refractivity (Wildman–Crippen MR) is 126 cm³/mol. The highest BCUT2D eigenvalue weighted by molar-refractivity contribution is 8.15. The Morgan fingerprint density at radius 1 is 0.970 bits per heavy atom. The quantitative estimate of drug-likeness (QED) is 0.524. The summed E-state index contributed by atoms with van der Waals surface area (Å²) in [7, 11) is 0. The van der Waals surface area contributed by atoms with Gasteiger partial charge in [0.2, 0.25) is 11.8 Å². The number of aliphatic imine (C=N–C) groups is 1. The van der Waals surface area contributed by atoms with Crippen LogP contribution in [0, 0.1) is 11.6 Å². The van der Waals surface area contributed by atoms with Crippen molar-refractivity contribution in [2.45, 2.75) is 18.1 Å². The second-order valence-corrected chi connectivity index (χ2v) is 8.61.